The predicted octanol–water partition coefficient (Wildman–Crippen LogP) is 5.31. The summed E-state index contributed by atoms with van der Waals surface area (Å²) in [6, 6.07) is 0. The van der Waals surface area contributed by atoms with Crippen molar-refractivity contribution in [3.05, 3.63) is 0 Å². The quantitative estimate of drug-likeness (QED) is 0.618. The van der Waals surface area contributed by atoms with E-state index >= 15 is 0 Å². The van der Waals surface area contributed by atoms with E-state index in [0.29, 0.717) is 11.8 Å². The number of primary amides is 1. The van der Waals surface area contributed by atoms with Gasteiger partial charge in [-0.05, 0) is 41.9 Å². The van der Waals surface area contributed by atoms with Gasteiger partial charge in [0, 0.05) is 18.8 Å². The van der Waals surface area contributed by atoms with E-state index in [1.54, 1.807) is 0 Å². The van der Waals surface area contributed by atoms with Gasteiger partial charge in [0.2, 0.25) is 0 Å². The Labute approximate surface area is 171 Å². The Morgan fingerprint density at radius 3 is 2.32 bits per heavy atom. The van der Waals surface area contributed by atoms with Crippen LogP contribution < -0.4 is 5.73 Å². The Kier molecular flexibility index (Phi) is 7.09. The summed E-state index contributed by atoms with van der Waals surface area (Å²) in [5.74, 6) is 1.00. The van der Waals surface area contributed by atoms with E-state index in [4.69, 9.17) is 15.2 Å². The second kappa shape index (κ2) is 8.62. The Hall–Kier alpha value is -1.26. The first-order chi connectivity index (χ1) is 12.9. The van der Waals surface area contributed by atoms with Gasteiger partial charge < -0.3 is 15.2 Å². The molecule has 0 unspecified atom stereocenters. The maximum absolute atomic E-state index is 11.9. The molecule has 2 aliphatic rings. The van der Waals surface area contributed by atoms with Crippen LogP contribution in [0.25, 0.3) is 0 Å². The van der Waals surface area contributed by atoms with Gasteiger partial charge in [-0.15, -0.1) is 0 Å². The van der Waals surface area contributed by atoms with Crippen LogP contribution >= 0.6 is 0 Å². The average molecular weight is 396 g/mol. The molecule has 0 aromatic rings. The zero-order valence-electron chi connectivity index (χ0n) is 18.9. The molecule has 2 rings (SSSR count). The molecule has 0 spiro atoms. The number of esters is 1. The lowest BCUT2D eigenvalue weighted by atomic mass is 9.44. The Bertz CT molecular complexity index is 575. The molecule has 2 N–H and O–H groups in total. The van der Waals surface area contributed by atoms with E-state index in [2.05, 4.69) is 41.5 Å². The molecule has 2 saturated carbocycles. The van der Waals surface area contributed by atoms with Gasteiger partial charge in [-0.25, -0.2) is 4.79 Å². The van der Waals surface area contributed by atoms with E-state index in [0.717, 1.165) is 19.3 Å². The third-order valence-electron chi connectivity index (χ3n) is 7.96. The van der Waals surface area contributed by atoms with Gasteiger partial charge >= 0.3 is 12.1 Å². The van der Waals surface area contributed by atoms with Crippen LogP contribution in [0.3, 0.4) is 0 Å². The number of rotatable bonds is 6. The summed E-state index contributed by atoms with van der Waals surface area (Å²) in [6.45, 7) is 15.0. The summed E-state index contributed by atoms with van der Waals surface area (Å²) in [5.41, 5.74) is 5.48. The first-order valence-electron chi connectivity index (χ1n) is 11.1. The molecular weight excluding hydrogens is 354 g/mol. The fraction of sp³-hybridized carbons (Fsp3) is 0.913. The Morgan fingerprint density at radius 2 is 1.79 bits per heavy atom. The van der Waals surface area contributed by atoms with Gasteiger partial charge in [0.15, 0.2) is 0 Å². The van der Waals surface area contributed by atoms with Gasteiger partial charge in [-0.1, -0.05) is 60.8 Å². The lowest BCUT2D eigenvalue weighted by molar-refractivity contribution is -0.220. The van der Waals surface area contributed by atoms with Crippen LogP contribution in [0.2, 0.25) is 0 Å². The molecular formula is C23H41NO4. The molecule has 2 fully saturated rings. The fourth-order valence-electron chi connectivity index (χ4n) is 6.58. The van der Waals surface area contributed by atoms with Crippen molar-refractivity contribution >= 4 is 12.1 Å². The van der Waals surface area contributed by atoms with Gasteiger partial charge in [0.1, 0.15) is 12.2 Å². The van der Waals surface area contributed by atoms with Gasteiger partial charge in [0.05, 0.1) is 0 Å². The van der Waals surface area contributed by atoms with Crippen molar-refractivity contribution in [2.75, 3.05) is 0 Å². The van der Waals surface area contributed by atoms with Crippen molar-refractivity contribution in [3.8, 4) is 0 Å². The number of fused-ring (bicyclic) bond motifs is 1. The fourth-order valence-corrected chi connectivity index (χ4v) is 6.58. The highest BCUT2D eigenvalue weighted by Gasteiger charge is 2.62. The molecule has 1 amide bonds. The monoisotopic (exact) mass is 395 g/mol. The van der Waals surface area contributed by atoms with E-state index < -0.39 is 18.3 Å². The minimum Gasteiger partial charge on any atom is -0.458 e. The summed E-state index contributed by atoms with van der Waals surface area (Å²) in [6.07, 6.45) is 5.10. The van der Waals surface area contributed by atoms with Crippen LogP contribution in [0.15, 0.2) is 0 Å². The van der Waals surface area contributed by atoms with Crippen molar-refractivity contribution < 1.29 is 19.1 Å². The highest BCUT2D eigenvalue weighted by molar-refractivity contribution is 5.67. The summed E-state index contributed by atoms with van der Waals surface area (Å²) < 4.78 is 11.5. The lowest BCUT2D eigenvalue weighted by Crippen LogP contribution is -2.64. The molecule has 0 aromatic heterocycles. The number of amides is 1. The molecule has 5 nitrogen and oxygen atoms in total. The van der Waals surface area contributed by atoms with Crippen molar-refractivity contribution in [3.63, 3.8) is 0 Å². The van der Waals surface area contributed by atoms with E-state index in [1.165, 1.54) is 26.2 Å². The second-order valence-electron chi connectivity index (χ2n) is 10.4. The zero-order chi connectivity index (χ0) is 21.3. The number of hydrogen-bond acceptors (Lipinski definition) is 4. The van der Waals surface area contributed by atoms with Gasteiger partial charge in [-0.3, -0.25) is 4.79 Å². The van der Waals surface area contributed by atoms with Crippen molar-refractivity contribution in [2.45, 2.75) is 99.2 Å². The van der Waals surface area contributed by atoms with Crippen LogP contribution in [0.5, 0.6) is 0 Å². The van der Waals surface area contributed by atoms with E-state index in [1.807, 2.05) is 0 Å². The number of carbonyl (C=O) groups excluding carboxylic acids is 2. The molecule has 0 bridgehead atoms. The molecule has 7 atom stereocenters. The lowest BCUT2D eigenvalue weighted by Gasteiger charge is -2.62. The molecule has 0 aliphatic heterocycles. The summed E-state index contributed by atoms with van der Waals surface area (Å²) in [4.78, 5) is 23.7. The first kappa shape index (κ1) is 23.0. The average Bonchev–Trinajstić information content (AvgIpc) is 2.56. The molecule has 0 saturated heterocycles. The minimum absolute atomic E-state index is 0.0136. The van der Waals surface area contributed by atoms with E-state index in [-0.39, 0.29) is 28.6 Å². The SMILES string of the molecule is CC[C@@H](C)CC[C@H]1[C@@H](C)[C@H](OC(C)=O)[C@H](OC(N)=O)[C@H]2C(C)(C)CCC[C@]12C. The van der Waals surface area contributed by atoms with Crippen molar-refractivity contribution in [1.82, 2.24) is 0 Å². The Morgan fingerprint density at radius 1 is 1.14 bits per heavy atom. The molecule has 0 heterocycles. The standard InChI is InChI=1S/C23H41NO4/c1-8-14(2)10-11-17-15(3)18(27-16(4)25)19(28-21(24)26)20-22(5,6)12-9-13-23(17,20)7/h14-15,17-20H,8-13H2,1-7H3,(H2,24,26)/t14-,15-,17+,18+,19+,20+,23-/m1/s1. The smallest absolute Gasteiger partial charge is 0.404 e. The van der Waals surface area contributed by atoms with E-state index in [9.17, 15) is 9.59 Å². The van der Waals surface area contributed by atoms with Crippen molar-refractivity contribution in [2.24, 2.45) is 40.2 Å². The third kappa shape index (κ3) is 4.49. The van der Waals surface area contributed by atoms with Crippen LogP contribution in [0.1, 0.15) is 87.0 Å². The van der Waals surface area contributed by atoms with Gasteiger partial charge in [0.25, 0.3) is 0 Å². The number of hydrogen-bond donors (Lipinski definition) is 1. The maximum Gasteiger partial charge on any atom is 0.404 e. The number of nitrogens with two attached hydrogens (primary N) is 1. The largest absolute Gasteiger partial charge is 0.458 e. The third-order valence-corrected chi connectivity index (χ3v) is 7.96. The second-order valence-corrected chi connectivity index (χ2v) is 10.4. The van der Waals surface area contributed by atoms with Crippen LogP contribution in [0, 0.1) is 34.5 Å². The van der Waals surface area contributed by atoms with Crippen LogP contribution in [-0.2, 0) is 14.3 Å². The highest BCUT2D eigenvalue weighted by atomic mass is 16.6. The summed E-state index contributed by atoms with van der Waals surface area (Å²) >= 11 is 0. The first-order valence-corrected chi connectivity index (χ1v) is 11.1. The normalized spacial score (nSPS) is 38.2. The molecule has 162 valence electrons. The minimum atomic E-state index is -0.781. The molecule has 5 heteroatoms. The Balaban J connectivity index is 2.50. The summed E-state index contributed by atoms with van der Waals surface area (Å²) in [7, 11) is 0. The highest BCUT2D eigenvalue weighted by Crippen LogP contribution is 2.63. The van der Waals surface area contributed by atoms with Gasteiger partial charge in [-0.2, -0.15) is 0 Å². The molecule has 0 radical (unpaired) electrons. The topological polar surface area (TPSA) is 78.6 Å². The summed E-state index contributed by atoms with van der Waals surface area (Å²) in [5, 5.41) is 0. The molecule has 0 aromatic carbocycles. The predicted molar refractivity (Wildman–Crippen MR) is 111 cm³/mol. The van der Waals surface area contributed by atoms with Crippen LogP contribution in [-0.4, -0.2) is 24.3 Å². The maximum atomic E-state index is 11.9. The molecule has 2 aliphatic carbocycles. The zero-order valence-corrected chi connectivity index (χ0v) is 18.9. The van der Waals surface area contributed by atoms with Crippen LogP contribution in [0.4, 0.5) is 4.79 Å². The number of ether oxygens (including phenoxy) is 2. The van der Waals surface area contributed by atoms with Crippen molar-refractivity contribution in [1.29, 1.82) is 0 Å². The molecule has 28 heavy (non-hydrogen) atoms. The number of carbonyl (C=O) groups is 2.